The van der Waals surface area contributed by atoms with Gasteiger partial charge in [-0.15, -0.1) is 12.4 Å². The van der Waals surface area contributed by atoms with Gasteiger partial charge in [0.2, 0.25) is 5.91 Å². The van der Waals surface area contributed by atoms with Gasteiger partial charge in [0.1, 0.15) is 0 Å². The number of halogens is 2. The standard InChI is InChI=1S/C18H23ClN4O.ClH/c1-12-17(11-18(24)21-15-7-9-20-10-8-15)13(2)23(22-12)16-5-3-14(19)4-6-16;/h3-6,15,20H,7-11H2,1-2H3,(H,21,24);1H. The molecule has 1 amide bonds. The summed E-state index contributed by atoms with van der Waals surface area (Å²) in [5.74, 6) is 0.0729. The van der Waals surface area contributed by atoms with E-state index >= 15 is 0 Å². The number of hydrogen-bond acceptors (Lipinski definition) is 3. The molecule has 5 nitrogen and oxygen atoms in total. The first kappa shape index (κ1) is 19.8. The first-order chi connectivity index (χ1) is 11.5. The Morgan fingerprint density at radius 2 is 1.92 bits per heavy atom. The molecule has 0 radical (unpaired) electrons. The molecule has 1 fully saturated rings. The van der Waals surface area contributed by atoms with Crippen molar-refractivity contribution in [2.45, 2.75) is 39.2 Å². The second-order valence-electron chi connectivity index (χ2n) is 6.31. The molecule has 2 N–H and O–H groups in total. The van der Waals surface area contributed by atoms with Gasteiger partial charge in [-0.3, -0.25) is 4.79 Å². The summed E-state index contributed by atoms with van der Waals surface area (Å²) in [6.45, 7) is 5.89. The highest BCUT2D eigenvalue weighted by Gasteiger charge is 2.19. The molecule has 0 unspecified atom stereocenters. The summed E-state index contributed by atoms with van der Waals surface area (Å²) in [4.78, 5) is 12.4. The smallest absolute Gasteiger partial charge is 0.224 e. The maximum absolute atomic E-state index is 12.4. The third-order valence-electron chi connectivity index (χ3n) is 4.55. The summed E-state index contributed by atoms with van der Waals surface area (Å²) in [6, 6.07) is 7.83. The summed E-state index contributed by atoms with van der Waals surface area (Å²) in [5, 5.41) is 11.7. The van der Waals surface area contributed by atoms with Gasteiger partial charge in [-0.1, -0.05) is 11.6 Å². The van der Waals surface area contributed by atoms with Crippen LogP contribution in [0.5, 0.6) is 0 Å². The minimum atomic E-state index is 0. The molecule has 1 aromatic heterocycles. The number of carbonyl (C=O) groups is 1. The van der Waals surface area contributed by atoms with Crippen molar-refractivity contribution >= 4 is 29.9 Å². The molecule has 3 rings (SSSR count). The number of nitrogens with zero attached hydrogens (tertiary/aromatic N) is 2. The highest BCUT2D eigenvalue weighted by Crippen LogP contribution is 2.20. The first-order valence-electron chi connectivity index (χ1n) is 8.35. The normalized spacial score (nSPS) is 14.8. The Hall–Kier alpha value is -1.56. The lowest BCUT2D eigenvalue weighted by Crippen LogP contribution is -2.43. The van der Waals surface area contributed by atoms with Crippen LogP contribution in [0.25, 0.3) is 5.69 Å². The lowest BCUT2D eigenvalue weighted by molar-refractivity contribution is -0.121. The van der Waals surface area contributed by atoms with Crippen LogP contribution in [0.15, 0.2) is 24.3 Å². The first-order valence-corrected chi connectivity index (χ1v) is 8.73. The van der Waals surface area contributed by atoms with E-state index < -0.39 is 0 Å². The van der Waals surface area contributed by atoms with Gasteiger partial charge in [0.25, 0.3) is 0 Å². The van der Waals surface area contributed by atoms with Crippen molar-refractivity contribution < 1.29 is 4.79 Å². The number of piperidine rings is 1. The van der Waals surface area contributed by atoms with Crippen LogP contribution in [0, 0.1) is 13.8 Å². The van der Waals surface area contributed by atoms with E-state index in [1.54, 1.807) is 0 Å². The summed E-state index contributed by atoms with van der Waals surface area (Å²) in [5.41, 5.74) is 3.83. The van der Waals surface area contributed by atoms with Crippen molar-refractivity contribution in [3.63, 3.8) is 0 Å². The predicted molar refractivity (Wildman–Crippen MR) is 103 cm³/mol. The van der Waals surface area contributed by atoms with E-state index in [4.69, 9.17) is 11.6 Å². The molecule has 7 heteroatoms. The molecule has 1 aromatic carbocycles. The third-order valence-corrected chi connectivity index (χ3v) is 4.81. The predicted octanol–water partition coefficient (Wildman–Crippen LogP) is 2.98. The van der Waals surface area contributed by atoms with Gasteiger partial charge in [0, 0.05) is 22.3 Å². The maximum Gasteiger partial charge on any atom is 0.224 e. The fraction of sp³-hybridized carbons (Fsp3) is 0.444. The molecular weight excluding hydrogens is 359 g/mol. The summed E-state index contributed by atoms with van der Waals surface area (Å²) < 4.78 is 1.87. The van der Waals surface area contributed by atoms with Gasteiger partial charge in [-0.2, -0.15) is 5.10 Å². The molecule has 2 heterocycles. The average Bonchev–Trinajstić information content (AvgIpc) is 2.85. The Kier molecular flexibility index (Phi) is 6.87. The van der Waals surface area contributed by atoms with Crippen molar-refractivity contribution in [3.8, 4) is 5.69 Å². The fourth-order valence-corrected chi connectivity index (χ4v) is 3.30. The second-order valence-corrected chi connectivity index (χ2v) is 6.74. The number of nitrogens with one attached hydrogen (secondary N) is 2. The van der Waals surface area contributed by atoms with Gasteiger partial charge in [-0.25, -0.2) is 4.68 Å². The van der Waals surface area contributed by atoms with Crippen molar-refractivity contribution in [1.29, 1.82) is 0 Å². The van der Waals surface area contributed by atoms with Crippen LogP contribution in [-0.4, -0.2) is 34.8 Å². The van der Waals surface area contributed by atoms with E-state index in [1.807, 2.05) is 42.8 Å². The second kappa shape index (κ2) is 8.70. The van der Waals surface area contributed by atoms with Crippen LogP contribution >= 0.6 is 24.0 Å². The highest BCUT2D eigenvalue weighted by atomic mass is 35.5. The Balaban J connectivity index is 0.00000225. The molecule has 0 bridgehead atoms. The Morgan fingerprint density at radius 1 is 1.28 bits per heavy atom. The zero-order valence-electron chi connectivity index (χ0n) is 14.5. The van der Waals surface area contributed by atoms with E-state index in [1.165, 1.54) is 0 Å². The summed E-state index contributed by atoms with van der Waals surface area (Å²) in [6.07, 6.45) is 2.36. The van der Waals surface area contributed by atoms with Gasteiger partial charge in [0.05, 0.1) is 17.8 Å². The van der Waals surface area contributed by atoms with Crippen LogP contribution < -0.4 is 10.6 Å². The van der Waals surface area contributed by atoms with E-state index in [2.05, 4.69) is 15.7 Å². The van der Waals surface area contributed by atoms with Crippen molar-refractivity contribution in [3.05, 3.63) is 46.2 Å². The number of aromatic nitrogens is 2. The molecule has 1 aliphatic heterocycles. The topological polar surface area (TPSA) is 59.0 Å². The zero-order chi connectivity index (χ0) is 17.1. The number of rotatable bonds is 4. The number of hydrogen-bond donors (Lipinski definition) is 2. The molecule has 0 saturated carbocycles. The van der Waals surface area contributed by atoms with Crippen molar-refractivity contribution in [2.75, 3.05) is 13.1 Å². The molecular formula is C18H24Cl2N4O. The molecule has 25 heavy (non-hydrogen) atoms. The molecule has 1 aliphatic rings. The largest absolute Gasteiger partial charge is 0.353 e. The van der Waals surface area contributed by atoms with Gasteiger partial charge in [0.15, 0.2) is 0 Å². The minimum absolute atomic E-state index is 0. The summed E-state index contributed by atoms with van der Waals surface area (Å²) in [7, 11) is 0. The number of carbonyl (C=O) groups excluding carboxylic acids is 1. The molecule has 0 atom stereocenters. The van der Waals surface area contributed by atoms with E-state index in [9.17, 15) is 4.79 Å². The quantitative estimate of drug-likeness (QED) is 0.854. The lowest BCUT2D eigenvalue weighted by atomic mass is 10.1. The third kappa shape index (κ3) is 4.75. The lowest BCUT2D eigenvalue weighted by Gasteiger charge is -2.23. The molecule has 2 aromatic rings. The number of aryl methyl sites for hydroxylation is 1. The fourth-order valence-electron chi connectivity index (χ4n) is 3.17. The van der Waals surface area contributed by atoms with Crippen LogP contribution in [0.2, 0.25) is 5.02 Å². The molecule has 0 aliphatic carbocycles. The monoisotopic (exact) mass is 382 g/mol. The SMILES string of the molecule is Cc1nn(-c2ccc(Cl)cc2)c(C)c1CC(=O)NC1CCNCC1.Cl. The number of benzene rings is 1. The minimum Gasteiger partial charge on any atom is -0.353 e. The highest BCUT2D eigenvalue weighted by molar-refractivity contribution is 6.30. The number of amides is 1. The molecule has 136 valence electrons. The van der Waals surface area contributed by atoms with Gasteiger partial charge >= 0.3 is 0 Å². The molecule has 0 spiro atoms. The van der Waals surface area contributed by atoms with Crippen molar-refractivity contribution in [1.82, 2.24) is 20.4 Å². The van der Waals surface area contributed by atoms with Crippen LogP contribution in [-0.2, 0) is 11.2 Å². The van der Waals surface area contributed by atoms with E-state index in [0.717, 1.165) is 48.6 Å². The zero-order valence-corrected chi connectivity index (χ0v) is 16.1. The van der Waals surface area contributed by atoms with Crippen LogP contribution in [0.1, 0.15) is 29.8 Å². The van der Waals surface area contributed by atoms with Crippen LogP contribution in [0.4, 0.5) is 0 Å². The maximum atomic E-state index is 12.4. The van der Waals surface area contributed by atoms with E-state index in [0.29, 0.717) is 11.4 Å². The van der Waals surface area contributed by atoms with Crippen LogP contribution in [0.3, 0.4) is 0 Å². The Morgan fingerprint density at radius 3 is 2.56 bits per heavy atom. The van der Waals surface area contributed by atoms with E-state index in [-0.39, 0.29) is 24.4 Å². The van der Waals surface area contributed by atoms with Gasteiger partial charge < -0.3 is 10.6 Å². The Labute approximate surface area is 159 Å². The molecule has 1 saturated heterocycles. The van der Waals surface area contributed by atoms with Gasteiger partial charge in [-0.05, 0) is 64.0 Å². The van der Waals surface area contributed by atoms with Crippen molar-refractivity contribution in [2.24, 2.45) is 0 Å². The average molecular weight is 383 g/mol. The summed E-state index contributed by atoms with van der Waals surface area (Å²) >= 11 is 5.95. The Bertz CT molecular complexity index is 721.